The molecular weight excluding hydrogens is 298 g/mol. The minimum absolute atomic E-state index is 0.404. The molecule has 0 amide bonds. The second-order valence-corrected chi connectivity index (χ2v) is 5.95. The Hall–Kier alpha value is -2.24. The Kier molecular flexibility index (Phi) is 4.69. The molecule has 122 valence electrons. The molecule has 0 spiro atoms. The Labute approximate surface area is 134 Å². The van der Waals surface area contributed by atoms with E-state index in [1.165, 1.54) is 25.3 Å². The van der Waals surface area contributed by atoms with Crippen LogP contribution in [-0.2, 0) is 0 Å². The first-order valence-electron chi connectivity index (χ1n) is 7.94. The lowest BCUT2D eigenvalue weighted by Crippen LogP contribution is -2.23. The van der Waals surface area contributed by atoms with Crippen molar-refractivity contribution in [2.45, 2.75) is 45.1 Å². The van der Waals surface area contributed by atoms with E-state index in [2.05, 4.69) is 20.6 Å². The molecule has 1 saturated carbocycles. The fraction of sp³-hybridized carbons (Fsp3) is 0.412. The van der Waals surface area contributed by atoms with E-state index in [1.807, 2.05) is 6.92 Å². The molecule has 1 fully saturated rings. The molecule has 0 atom stereocenters. The molecular formula is C17H20F2N4. The SMILES string of the molecule is Cc1cc(Nc2ccc(F)c(F)c2)nc(NC2CCCCC2)n1. The van der Waals surface area contributed by atoms with Gasteiger partial charge in [-0.2, -0.15) is 4.98 Å². The summed E-state index contributed by atoms with van der Waals surface area (Å²) >= 11 is 0. The van der Waals surface area contributed by atoms with Gasteiger partial charge in [0.25, 0.3) is 0 Å². The van der Waals surface area contributed by atoms with Gasteiger partial charge in [0, 0.05) is 29.6 Å². The second kappa shape index (κ2) is 6.89. The minimum atomic E-state index is -0.888. The van der Waals surface area contributed by atoms with Crippen LogP contribution in [0.4, 0.5) is 26.2 Å². The van der Waals surface area contributed by atoms with Crippen molar-refractivity contribution < 1.29 is 8.78 Å². The topological polar surface area (TPSA) is 49.8 Å². The van der Waals surface area contributed by atoms with E-state index in [1.54, 1.807) is 6.07 Å². The molecule has 0 unspecified atom stereocenters. The zero-order chi connectivity index (χ0) is 16.2. The van der Waals surface area contributed by atoms with E-state index in [0.29, 0.717) is 23.5 Å². The number of benzene rings is 1. The summed E-state index contributed by atoms with van der Waals surface area (Å²) < 4.78 is 26.3. The predicted molar refractivity (Wildman–Crippen MR) is 86.9 cm³/mol. The molecule has 1 aromatic carbocycles. The van der Waals surface area contributed by atoms with E-state index >= 15 is 0 Å². The summed E-state index contributed by atoms with van der Waals surface area (Å²) in [5.74, 6) is -0.626. The lowest BCUT2D eigenvalue weighted by atomic mass is 9.96. The summed E-state index contributed by atoms with van der Waals surface area (Å²) in [7, 11) is 0. The van der Waals surface area contributed by atoms with Gasteiger partial charge >= 0.3 is 0 Å². The summed E-state index contributed by atoms with van der Waals surface area (Å²) in [6.07, 6.45) is 6.00. The number of nitrogens with one attached hydrogen (secondary N) is 2. The summed E-state index contributed by atoms with van der Waals surface area (Å²) in [4.78, 5) is 8.83. The molecule has 3 rings (SSSR count). The fourth-order valence-corrected chi connectivity index (χ4v) is 2.85. The van der Waals surface area contributed by atoms with Crippen molar-refractivity contribution in [2.24, 2.45) is 0 Å². The first-order valence-corrected chi connectivity index (χ1v) is 7.94. The lowest BCUT2D eigenvalue weighted by molar-refractivity contribution is 0.461. The fourth-order valence-electron chi connectivity index (χ4n) is 2.85. The Bertz CT molecular complexity index is 684. The van der Waals surface area contributed by atoms with Gasteiger partial charge in [0.15, 0.2) is 11.6 Å². The quantitative estimate of drug-likeness (QED) is 0.868. The molecule has 0 radical (unpaired) electrons. The minimum Gasteiger partial charge on any atom is -0.351 e. The highest BCUT2D eigenvalue weighted by Gasteiger charge is 2.14. The predicted octanol–water partition coefficient (Wildman–Crippen LogP) is 4.55. The summed E-state index contributed by atoms with van der Waals surface area (Å²) in [6.45, 7) is 1.88. The average Bonchev–Trinajstić information content (AvgIpc) is 2.51. The largest absolute Gasteiger partial charge is 0.351 e. The van der Waals surface area contributed by atoms with Crippen LogP contribution in [0.15, 0.2) is 24.3 Å². The Morgan fingerprint density at radius 2 is 1.78 bits per heavy atom. The third-order valence-corrected chi connectivity index (χ3v) is 3.98. The van der Waals surface area contributed by atoms with Crippen LogP contribution in [0, 0.1) is 18.6 Å². The van der Waals surface area contributed by atoms with Gasteiger partial charge in [-0.15, -0.1) is 0 Å². The second-order valence-electron chi connectivity index (χ2n) is 5.95. The van der Waals surface area contributed by atoms with Crippen LogP contribution in [-0.4, -0.2) is 16.0 Å². The molecule has 0 saturated heterocycles. The first kappa shape index (κ1) is 15.6. The van der Waals surface area contributed by atoms with E-state index in [4.69, 9.17) is 0 Å². The van der Waals surface area contributed by atoms with Gasteiger partial charge in [-0.05, 0) is 31.9 Å². The molecule has 6 heteroatoms. The van der Waals surface area contributed by atoms with E-state index in [0.717, 1.165) is 30.7 Å². The molecule has 4 nitrogen and oxygen atoms in total. The monoisotopic (exact) mass is 318 g/mol. The zero-order valence-electron chi connectivity index (χ0n) is 13.1. The van der Waals surface area contributed by atoms with Crippen molar-refractivity contribution in [3.8, 4) is 0 Å². The van der Waals surface area contributed by atoms with Crippen LogP contribution in [0.5, 0.6) is 0 Å². The summed E-state index contributed by atoms with van der Waals surface area (Å²) in [5, 5.41) is 6.36. The Balaban J connectivity index is 1.75. The highest BCUT2D eigenvalue weighted by Crippen LogP contribution is 2.22. The number of aryl methyl sites for hydroxylation is 1. The van der Waals surface area contributed by atoms with Crippen LogP contribution in [0.2, 0.25) is 0 Å². The third-order valence-electron chi connectivity index (χ3n) is 3.98. The molecule has 1 aliphatic rings. The molecule has 1 heterocycles. The van der Waals surface area contributed by atoms with E-state index in [-0.39, 0.29) is 0 Å². The molecule has 1 aliphatic carbocycles. The number of hydrogen-bond acceptors (Lipinski definition) is 4. The molecule has 23 heavy (non-hydrogen) atoms. The highest BCUT2D eigenvalue weighted by molar-refractivity contribution is 5.57. The van der Waals surface area contributed by atoms with Crippen molar-refractivity contribution >= 4 is 17.5 Å². The maximum Gasteiger partial charge on any atom is 0.225 e. The number of anilines is 3. The highest BCUT2D eigenvalue weighted by atomic mass is 19.2. The molecule has 0 bridgehead atoms. The van der Waals surface area contributed by atoms with Crippen LogP contribution in [0.3, 0.4) is 0 Å². The molecule has 0 aliphatic heterocycles. The van der Waals surface area contributed by atoms with Crippen molar-refractivity contribution in [1.82, 2.24) is 9.97 Å². The van der Waals surface area contributed by atoms with Crippen molar-refractivity contribution in [1.29, 1.82) is 0 Å². The normalized spacial score (nSPS) is 15.4. The van der Waals surface area contributed by atoms with Gasteiger partial charge in [-0.1, -0.05) is 19.3 Å². The maximum atomic E-state index is 13.3. The third kappa shape index (κ3) is 4.15. The van der Waals surface area contributed by atoms with Crippen LogP contribution >= 0.6 is 0 Å². The number of rotatable bonds is 4. The van der Waals surface area contributed by atoms with E-state index in [9.17, 15) is 8.78 Å². The standard InChI is InChI=1S/C17H20F2N4/c1-11-9-16(21-13-7-8-14(18)15(19)10-13)23-17(20-11)22-12-5-3-2-4-6-12/h7-10,12H,2-6H2,1H3,(H2,20,21,22,23). The number of nitrogens with zero attached hydrogens (tertiary/aromatic N) is 2. The van der Waals surface area contributed by atoms with Crippen LogP contribution in [0.25, 0.3) is 0 Å². The number of aromatic nitrogens is 2. The van der Waals surface area contributed by atoms with E-state index < -0.39 is 11.6 Å². The lowest BCUT2D eigenvalue weighted by Gasteiger charge is -2.23. The number of halogens is 2. The maximum absolute atomic E-state index is 13.3. The smallest absolute Gasteiger partial charge is 0.225 e. The summed E-state index contributed by atoms with van der Waals surface area (Å²) in [5.41, 5.74) is 1.26. The first-order chi connectivity index (χ1) is 11.1. The average molecular weight is 318 g/mol. The van der Waals surface area contributed by atoms with Crippen molar-refractivity contribution in [2.75, 3.05) is 10.6 Å². The van der Waals surface area contributed by atoms with Crippen LogP contribution < -0.4 is 10.6 Å². The van der Waals surface area contributed by atoms with Gasteiger partial charge in [0.2, 0.25) is 5.95 Å². The van der Waals surface area contributed by atoms with Gasteiger partial charge in [0.05, 0.1) is 0 Å². The van der Waals surface area contributed by atoms with Crippen molar-refractivity contribution in [3.63, 3.8) is 0 Å². The molecule has 1 aromatic heterocycles. The van der Waals surface area contributed by atoms with Gasteiger partial charge in [-0.25, -0.2) is 13.8 Å². The van der Waals surface area contributed by atoms with Gasteiger partial charge in [-0.3, -0.25) is 0 Å². The van der Waals surface area contributed by atoms with Crippen LogP contribution in [0.1, 0.15) is 37.8 Å². The van der Waals surface area contributed by atoms with Gasteiger partial charge in [0.1, 0.15) is 5.82 Å². The van der Waals surface area contributed by atoms with Crippen molar-refractivity contribution in [3.05, 3.63) is 41.6 Å². The molecule has 2 N–H and O–H groups in total. The van der Waals surface area contributed by atoms with Gasteiger partial charge < -0.3 is 10.6 Å². The zero-order valence-corrected chi connectivity index (χ0v) is 13.1. The number of hydrogen-bond donors (Lipinski definition) is 2. The molecule has 2 aromatic rings. The Morgan fingerprint density at radius 1 is 1.00 bits per heavy atom. The Morgan fingerprint density at radius 3 is 2.52 bits per heavy atom. The summed E-state index contributed by atoms with van der Waals surface area (Å²) in [6, 6.07) is 5.85.